The molecule has 2 heterocycles. The molecule has 0 aromatic carbocycles. The summed E-state index contributed by atoms with van der Waals surface area (Å²) in [7, 11) is 0. The van der Waals surface area contributed by atoms with Crippen molar-refractivity contribution in [1.82, 2.24) is 19.9 Å². The molecule has 0 saturated carbocycles. The van der Waals surface area contributed by atoms with Crippen LogP contribution < -0.4 is 0 Å². The van der Waals surface area contributed by atoms with Crippen molar-refractivity contribution in [2.45, 2.75) is 19.8 Å². The van der Waals surface area contributed by atoms with Gasteiger partial charge in [-0.2, -0.15) is 14.9 Å². The van der Waals surface area contributed by atoms with Crippen molar-refractivity contribution < 1.29 is 0 Å². The molecular formula is C11H13N5S. The molecule has 88 valence electrons. The number of hydrogen-bond acceptors (Lipinski definition) is 4. The van der Waals surface area contributed by atoms with E-state index in [1.807, 2.05) is 26.0 Å². The fourth-order valence-corrected chi connectivity index (χ4v) is 1.55. The van der Waals surface area contributed by atoms with Crippen LogP contribution in [0.5, 0.6) is 0 Å². The van der Waals surface area contributed by atoms with Crippen LogP contribution in [0.3, 0.4) is 0 Å². The van der Waals surface area contributed by atoms with Crippen molar-refractivity contribution in [3.8, 4) is 0 Å². The molecular weight excluding hydrogens is 234 g/mol. The maximum absolute atomic E-state index is 5.12. The molecule has 6 heteroatoms. The van der Waals surface area contributed by atoms with E-state index < -0.39 is 0 Å². The summed E-state index contributed by atoms with van der Waals surface area (Å²) in [5.41, 5.74) is 0.922. The highest BCUT2D eigenvalue weighted by Gasteiger charge is 2.08. The van der Waals surface area contributed by atoms with Gasteiger partial charge in [-0.15, -0.1) is 0 Å². The third-order valence-corrected chi connectivity index (χ3v) is 2.46. The third kappa shape index (κ3) is 2.65. The first-order chi connectivity index (χ1) is 8.18. The third-order valence-electron chi connectivity index (χ3n) is 2.20. The Hall–Kier alpha value is -1.82. The van der Waals surface area contributed by atoms with Gasteiger partial charge in [-0.25, -0.2) is 0 Å². The number of aromatic nitrogens is 4. The summed E-state index contributed by atoms with van der Waals surface area (Å²) in [6.45, 7) is 4.09. The van der Waals surface area contributed by atoms with Crippen LogP contribution in [0.1, 0.15) is 31.2 Å². The minimum absolute atomic E-state index is 0.258. The van der Waals surface area contributed by atoms with Crippen molar-refractivity contribution >= 4 is 18.4 Å². The molecule has 0 amide bonds. The zero-order valence-electron chi connectivity index (χ0n) is 9.66. The molecule has 5 nitrogen and oxygen atoms in total. The zero-order chi connectivity index (χ0) is 12.3. The standard InChI is InChI=1S/C11H13N5S/c1-8(2)10-14-15-11(17)16(10)13-7-9-4-3-5-12-6-9/h3-8H,1-2H3,(H,15,17)/b13-7-. The number of aromatic amines is 1. The molecule has 0 aliphatic rings. The molecule has 2 rings (SSSR count). The molecule has 17 heavy (non-hydrogen) atoms. The summed E-state index contributed by atoms with van der Waals surface area (Å²) in [5.74, 6) is 1.07. The number of nitrogens with one attached hydrogen (secondary N) is 1. The summed E-state index contributed by atoms with van der Waals surface area (Å²) < 4.78 is 2.13. The highest BCUT2D eigenvalue weighted by atomic mass is 32.1. The van der Waals surface area contributed by atoms with Gasteiger partial charge >= 0.3 is 0 Å². The van der Waals surface area contributed by atoms with Gasteiger partial charge in [0.2, 0.25) is 4.77 Å². The van der Waals surface area contributed by atoms with Gasteiger partial charge in [0.05, 0.1) is 6.21 Å². The molecule has 0 atom stereocenters. The molecule has 0 aliphatic carbocycles. The smallest absolute Gasteiger partial charge is 0.216 e. The fraction of sp³-hybridized carbons (Fsp3) is 0.273. The number of rotatable bonds is 3. The summed E-state index contributed by atoms with van der Waals surface area (Å²) in [6, 6.07) is 3.79. The van der Waals surface area contributed by atoms with Crippen molar-refractivity contribution in [3.63, 3.8) is 0 Å². The van der Waals surface area contributed by atoms with Crippen molar-refractivity contribution in [3.05, 3.63) is 40.7 Å². The van der Waals surface area contributed by atoms with Crippen LogP contribution in [0.2, 0.25) is 0 Å². The number of hydrogen-bond donors (Lipinski definition) is 1. The Bertz CT molecular complexity index is 567. The summed E-state index contributed by atoms with van der Waals surface area (Å²) in [4.78, 5) is 4.01. The van der Waals surface area contributed by atoms with Gasteiger partial charge in [0, 0.05) is 23.9 Å². The van der Waals surface area contributed by atoms with Crippen LogP contribution in [0, 0.1) is 4.77 Å². The first-order valence-corrected chi connectivity index (χ1v) is 5.71. The van der Waals surface area contributed by atoms with Gasteiger partial charge in [-0.05, 0) is 18.3 Å². The predicted molar refractivity (Wildman–Crippen MR) is 68.7 cm³/mol. The largest absolute Gasteiger partial charge is 0.264 e. The Morgan fingerprint density at radius 1 is 1.53 bits per heavy atom. The van der Waals surface area contributed by atoms with Gasteiger partial charge in [0.25, 0.3) is 0 Å². The van der Waals surface area contributed by atoms with E-state index >= 15 is 0 Å². The van der Waals surface area contributed by atoms with Gasteiger partial charge in [-0.1, -0.05) is 19.9 Å². The molecule has 0 bridgehead atoms. The molecule has 0 saturated heterocycles. The van der Waals surface area contributed by atoms with E-state index in [-0.39, 0.29) is 5.92 Å². The quantitative estimate of drug-likeness (QED) is 0.669. The van der Waals surface area contributed by atoms with Crippen LogP contribution in [-0.2, 0) is 0 Å². The van der Waals surface area contributed by atoms with Gasteiger partial charge in [0.15, 0.2) is 5.82 Å². The first kappa shape index (κ1) is 11.7. The summed E-state index contributed by atoms with van der Waals surface area (Å²) in [5, 5.41) is 11.2. The van der Waals surface area contributed by atoms with Gasteiger partial charge in [-0.3, -0.25) is 10.1 Å². The van der Waals surface area contributed by atoms with E-state index in [1.165, 1.54) is 0 Å². The van der Waals surface area contributed by atoms with Crippen LogP contribution in [-0.4, -0.2) is 26.1 Å². The average Bonchev–Trinajstić information content (AvgIpc) is 2.69. The minimum Gasteiger partial charge on any atom is -0.264 e. The second-order valence-corrected chi connectivity index (χ2v) is 4.27. The van der Waals surface area contributed by atoms with E-state index in [1.54, 1.807) is 23.3 Å². The second-order valence-electron chi connectivity index (χ2n) is 3.88. The maximum Gasteiger partial charge on any atom is 0.216 e. The molecule has 0 unspecified atom stereocenters. The van der Waals surface area contributed by atoms with E-state index in [4.69, 9.17) is 12.2 Å². The van der Waals surface area contributed by atoms with E-state index in [9.17, 15) is 0 Å². The van der Waals surface area contributed by atoms with E-state index in [0.29, 0.717) is 4.77 Å². The minimum atomic E-state index is 0.258. The van der Waals surface area contributed by atoms with Crippen molar-refractivity contribution in [2.24, 2.45) is 5.10 Å². The highest BCUT2D eigenvalue weighted by molar-refractivity contribution is 7.71. The first-order valence-electron chi connectivity index (χ1n) is 5.30. The average molecular weight is 247 g/mol. The number of H-pyrrole nitrogens is 1. The maximum atomic E-state index is 5.12. The predicted octanol–water partition coefficient (Wildman–Crippen LogP) is 2.34. The zero-order valence-corrected chi connectivity index (χ0v) is 10.5. The Kier molecular flexibility index (Phi) is 3.43. The van der Waals surface area contributed by atoms with Crippen molar-refractivity contribution in [1.29, 1.82) is 0 Å². The molecule has 2 aromatic rings. The molecule has 0 spiro atoms. The number of nitrogens with zero attached hydrogens (tertiary/aromatic N) is 4. The topological polar surface area (TPSA) is 58.9 Å². The van der Waals surface area contributed by atoms with Crippen LogP contribution in [0.4, 0.5) is 0 Å². The normalized spacial score (nSPS) is 11.5. The Labute approximate surface area is 104 Å². The SMILES string of the molecule is CC(C)c1n[nH]c(=S)n1/N=C\c1cccnc1. The van der Waals surface area contributed by atoms with E-state index in [0.717, 1.165) is 11.4 Å². The Balaban J connectivity index is 2.33. The summed E-state index contributed by atoms with van der Waals surface area (Å²) in [6.07, 6.45) is 5.17. The van der Waals surface area contributed by atoms with Crippen LogP contribution in [0.25, 0.3) is 0 Å². The monoisotopic (exact) mass is 247 g/mol. The van der Waals surface area contributed by atoms with E-state index in [2.05, 4.69) is 20.3 Å². The Morgan fingerprint density at radius 3 is 3.00 bits per heavy atom. The number of pyridine rings is 1. The molecule has 2 aromatic heterocycles. The second kappa shape index (κ2) is 5.01. The van der Waals surface area contributed by atoms with Crippen LogP contribution in [0.15, 0.2) is 29.6 Å². The molecule has 0 radical (unpaired) electrons. The molecule has 1 N–H and O–H groups in total. The van der Waals surface area contributed by atoms with Crippen molar-refractivity contribution in [2.75, 3.05) is 0 Å². The lowest BCUT2D eigenvalue weighted by Crippen LogP contribution is -2.00. The lowest BCUT2D eigenvalue weighted by molar-refractivity contribution is 0.695. The molecule has 0 fully saturated rings. The fourth-order valence-electron chi connectivity index (χ4n) is 1.37. The lowest BCUT2D eigenvalue weighted by Gasteiger charge is -2.02. The van der Waals surface area contributed by atoms with Gasteiger partial charge in [0.1, 0.15) is 0 Å². The lowest BCUT2D eigenvalue weighted by atomic mass is 10.2. The molecule has 0 aliphatic heterocycles. The Morgan fingerprint density at radius 2 is 2.35 bits per heavy atom. The van der Waals surface area contributed by atoms with Gasteiger partial charge < -0.3 is 0 Å². The highest BCUT2D eigenvalue weighted by Crippen LogP contribution is 2.11. The summed E-state index contributed by atoms with van der Waals surface area (Å²) >= 11 is 5.12. The van der Waals surface area contributed by atoms with Crippen LogP contribution >= 0.6 is 12.2 Å².